The van der Waals surface area contributed by atoms with Crippen LogP contribution in [-0.2, 0) is 16.1 Å². The number of carbonyl (C=O) groups is 2. The summed E-state index contributed by atoms with van der Waals surface area (Å²) >= 11 is 0. The molecule has 29 heavy (non-hydrogen) atoms. The highest BCUT2D eigenvalue weighted by Gasteiger charge is 2.33. The van der Waals surface area contributed by atoms with Gasteiger partial charge in [0.15, 0.2) is 0 Å². The number of piperazine rings is 1. The molecule has 1 atom stereocenters. The summed E-state index contributed by atoms with van der Waals surface area (Å²) in [6, 6.07) is 14.3. The first kappa shape index (κ1) is 19.9. The van der Waals surface area contributed by atoms with E-state index < -0.39 is 0 Å². The Hall–Kier alpha value is -2.40. The number of nitrogens with zero attached hydrogens (tertiary/aromatic N) is 2. The van der Waals surface area contributed by atoms with Gasteiger partial charge in [0.05, 0.1) is 12.5 Å². The molecule has 4 rings (SSSR count). The molecule has 2 aromatic carbocycles. The molecule has 5 nitrogen and oxygen atoms in total. The highest BCUT2D eigenvalue weighted by atomic mass is 16.2. The standard InChI is InChI=1S/C24H31N3O2/c28-23(26-14-6-2-1-3-7-15-26)17-22-24(29)25-13-16-27(22)18-20-11-8-10-19-9-4-5-12-21(19)20/h4-5,8-12,22H,1-3,6-7,13-18H2,(H,25,29)/t22-/m0/s1. The van der Waals surface area contributed by atoms with Crippen molar-refractivity contribution in [2.45, 2.75) is 51.1 Å². The summed E-state index contributed by atoms with van der Waals surface area (Å²) in [5.41, 5.74) is 1.21. The van der Waals surface area contributed by atoms with E-state index in [0.717, 1.165) is 32.5 Å². The lowest BCUT2D eigenvalue weighted by Gasteiger charge is -2.36. The Kier molecular flexibility index (Phi) is 6.45. The maximum Gasteiger partial charge on any atom is 0.237 e. The van der Waals surface area contributed by atoms with E-state index in [0.29, 0.717) is 13.1 Å². The molecule has 5 heteroatoms. The molecular formula is C24H31N3O2. The SMILES string of the molecule is O=C1NCCN(Cc2cccc3ccccc23)[C@H]1CC(=O)N1CCCCCCC1. The van der Waals surface area contributed by atoms with Crippen molar-refractivity contribution in [3.05, 3.63) is 48.0 Å². The fraction of sp³-hybridized carbons (Fsp3) is 0.500. The summed E-state index contributed by atoms with van der Waals surface area (Å²) in [5, 5.41) is 5.39. The van der Waals surface area contributed by atoms with E-state index in [-0.39, 0.29) is 24.3 Å². The van der Waals surface area contributed by atoms with Crippen LogP contribution in [0.25, 0.3) is 10.8 Å². The number of fused-ring (bicyclic) bond motifs is 1. The summed E-state index contributed by atoms with van der Waals surface area (Å²) in [7, 11) is 0. The number of likely N-dealkylation sites (tertiary alicyclic amines) is 1. The van der Waals surface area contributed by atoms with Gasteiger partial charge in [-0.15, -0.1) is 0 Å². The predicted octanol–water partition coefficient (Wildman–Crippen LogP) is 3.32. The first-order valence-corrected chi connectivity index (χ1v) is 11.0. The fourth-order valence-electron chi connectivity index (χ4n) is 4.61. The fourth-order valence-corrected chi connectivity index (χ4v) is 4.61. The number of carbonyl (C=O) groups excluding carboxylic acids is 2. The summed E-state index contributed by atoms with van der Waals surface area (Å²) in [6.07, 6.45) is 6.08. The van der Waals surface area contributed by atoms with Crippen LogP contribution in [-0.4, -0.2) is 53.8 Å². The van der Waals surface area contributed by atoms with Gasteiger partial charge in [-0.3, -0.25) is 14.5 Å². The largest absolute Gasteiger partial charge is 0.353 e. The van der Waals surface area contributed by atoms with Gasteiger partial charge in [-0.05, 0) is 29.2 Å². The molecule has 2 heterocycles. The van der Waals surface area contributed by atoms with Crippen LogP contribution in [0.3, 0.4) is 0 Å². The number of hydrogen-bond acceptors (Lipinski definition) is 3. The van der Waals surface area contributed by atoms with Crippen molar-refractivity contribution in [3.8, 4) is 0 Å². The van der Waals surface area contributed by atoms with Gasteiger partial charge in [0.1, 0.15) is 0 Å². The normalized spacial score (nSPS) is 21.4. The molecule has 0 aliphatic carbocycles. The lowest BCUT2D eigenvalue weighted by atomic mass is 10.0. The Labute approximate surface area is 173 Å². The lowest BCUT2D eigenvalue weighted by Crippen LogP contribution is -2.56. The van der Waals surface area contributed by atoms with Gasteiger partial charge in [-0.1, -0.05) is 61.7 Å². The van der Waals surface area contributed by atoms with E-state index in [1.165, 1.54) is 35.6 Å². The van der Waals surface area contributed by atoms with E-state index in [4.69, 9.17) is 0 Å². The molecule has 0 unspecified atom stereocenters. The molecule has 2 fully saturated rings. The summed E-state index contributed by atoms with van der Waals surface area (Å²) in [4.78, 5) is 29.8. The molecule has 2 aromatic rings. The number of nitrogens with one attached hydrogen (secondary N) is 1. The number of hydrogen-bond donors (Lipinski definition) is 1. The van der Waals surface area contributed by atoms with Crippen molar-refractivity contribution in [2.75, 3.05) is 26.2 Å². The Morgan fingerprint density at radius 3 is 2.48 bits per heavy atom. The Bertz CT molecular complexity index is 853. The van der Waals surface area contributed by atoms with Crippen LogP contribution in [0, 0.1) is 0 Å². The molecule has 1 N–H and O–H groups in total. The second kappa shape index (κ2) is 9.40. The van der Waals surface area contributed by atoms with Crippen LogP contribution >= 0.6 is 0 Å². The molecule has 2 aliphatic rings. The van der Waals surface area contributed by atoms with Gasteiger partial charge in [0, 0.05) is 32.7 Å². The molecule has 0 aromatic heterocycles. The minimum absolute atomic E-state index is 0.0168. The summed E-state index contributed by atoms with van der Waals surface area (Å²) in [5.74, 6) is 0.105. The van der Waals surface area contributed by atoms with E-state index >= 15 is 0 Å². The monoisotopic (exact) mass is 393 g/mol. The highest BCUT2D eigenvalue weighted by Crippen LogP contribution is 2.23. The van der Waals surface area contributed by atoms with Gasteiger partial charge < -0.3 is 10.2 Å². The topological polar surface area (TPSA) is 52.7 Å². The first-order chi connectivity index (χ1) is 14.2. The van der Waals surface area contributed by atoms with E-state index in [2.05, 4.69) is 46.6 Å². The maximum atomic E-state index is 13.0. The van der Waals surface area contributed by atoms with Gasteiger partial charge in [0.2, 0.25) is 11.8 Å². The minimum atomic E-state index is -0.388. The van der Waals surface area contributed by atoms with Crippen molar-refractivity contribution < 1.29 is 9.59 Å². The molecule has 2 amide bonds. The first-order valence-electron chi connectivity index (χ1n) is 11.0. The Balaban J connectivity index is 1.49. The van der Waals surface area contributed by atoms with Crippen LogP contribution in [0.4, 0.5) is 0 Å². The maximum absolute atomic E-state index is 13.0. The van der Waals surface area contributed by atoms with Gasteiger partial charge in [-0.2, -0.15) is 0 Å². The zero-order chi connectivity index (χ0) is 20.1. The zero-order valence-corrected chi connectivity index (χ0v) is 17.1. The van der Waals surface area contributed by atoms with Crippen LogP contribution in [0.1, 0.15) is 44.1 Å². The van der Waals surface area contributed by atoms with Gasteiger partial charge in [-0.25, -0.2) is 0 Å². The molecule has 2 aliphatic heterocycles. The van der Waals surface area contributed by atoms with E-state index in [9.17, 15) is 9.59 Å². The van der Waals surface area contributed by atoms with Gasteiger partial charge in [0.25, 0.3) is 0 Å². The molecular weight excluding hydrogens is 362 g/mol. The van der Waals surface area contributed by atoms with Crippen molar-refractivity contribution >= 4 is 22.6 Å². The van der Waals surface area contributed by atoms with E-state index in [1.807, 2.05) is 11.0 Å². The zero-order valence-electron chi connectivity index (χ0n) is 17.1. The molecule has 2 saturated heterocycles. The molecule has 0 spiro atoms. The second-order valence-corrected chi connectivity index (χ2v) is 8.27. The average molecular weight is 394 g/mol. The van der Waals surface area contributed by atoms with Gasteiger partial charge >= 0.3 is 0 Å². The highest BCUT2D eigenvalue weighted by molar-refractivity contribution is 5.89. The predicted molar refractivity (Wildman–Crippen MR) is 115 cm³/mol. The van der Waals surface area contributed by atoms with E-state index in [1.54, 1.807) is 0 Å². The average Bonchev–Trinajstić information content (AvgIpc) is 2.70. The smallest absolute Gasteiger partial charge is 0.237 e. The van der Waals surface area contributed by atoms with Crippen LogP contribution in [0.15, 0.2) is 42.5 Å². The Morgan fingerprint density at radius 2 is 1.66 bits per heavy atom. The van der Waals surface area contributed by atoms with Crippen LogP contribution < -0.4 is 5.32 Å². The van der Waals surface area contributed by atoms with Crippen molar-refractivity contribution in [1.82, 2.24) is 15.1 Å². The number of benzene rings is 2. The molecule has 154 valence electrons. The van der Waals surface area contributed by atoms with Crippen LogP contribution in [0.2, 0.25) is 0 Å². The quantitative estimate of drug-likeness (QED) is 0.867. The Morgan fingerprint density at radius 1 is 0.931 bits per heavy atom. The van der Waals surface area contributed by atoms with Crippen LogP contribution in [0.5, 0.6) is 0 Å². The minimum Gasteiger partial charge on any atom is -0.353 e. The second-order valence-electron chi connectivity index (χ2n) is 8.27. The lowest BCUT2D eigenvalue weighted by molar-refractivity contribution is -0.139. The van der Waals surface area contributed by atoms with Crippen molar-refractivity contribution in [1.29, 1.82) is 0 Å². The third-order valence-corrected chi connectivity index (χ3v) is 6.27. The summed E-state index contributed by atoms with van der Waals surface area (Å²) < 4.78 is 0. The molecule has 0 bridgehead atoms. The number of amides is 2. The van der Waals surface area contributed by atoms with Crippen molar-refractivity contribution in [3.63, 3.8) is 0 Å². The third kappa shape index (κ3) is 4.78. The summed E-state index contributed by atoms with van der Waals surface area (Å²) in [6.45, 7) is 3.75. The third-order valence-electron chi connectivity index (χ3n) is 6.27. The number of rotatable bonds is 4. The van der Waals surface area contributed by atoms with Crippen molar-refractivity contribution in [2.24, 2.45) is 0 Å². The molecule has 0 saturated carbocycles. The molecule has 0 radical (unpaired) electrons.